The summed E-state index contributed by atoms with van der Waals surface area (Å²) in [4.78, 5) is 0. The Hall–Kier alpha value is -1.15. The van der Waals surface area contributed by atoms with Crippen LogP contribution in [-0.4, -0.2) is 49.4 Å². The van der Waals surface area contributed by atoms with Gasteiger partial charge < -0.3 is 19.3 Å². The maximum Gasteiger partial charge on any atom is 0.304 e. The second-order valence-electron chi connectivity index (χ2n) is 4.79. The van der Waals surface area contributed by atoms with E-state index in [4.69, 9.17) is 9.47 Å². The third kappa shape index (κ3) is 3.55. The van der Waals surface area contributed by atoms with Crippen molar-refractivity contribution in [3.8, 4) is 0 Å². The third-order valence-corrected chi connectivity index (χ3v) is 3.30. The van der Waals surface area contributed by atoms with E-state index in [1.54, 1.807) is 24.3 Å². The van der Waals surface area contributed by atoms with Crippen molar-refractivity contribution in [3.63, 3.8) is 0 Å². The molecule has 0 amide bonds. The molecule has 0 aromatic heterocycles. The molecule has 1 aliphatic rings. The van der Waals surface area contributed by atoms with E-state index in [2.05, 4.69) is 4.74 Å². The van der Waals surface area contributed by atoms with Crippen molar-refractivity contribution in [1.29, 1.82) is 0 Å². The van der Waals surface area contributed by atoms with Crippen molar-refractivity contribution in [3.05, 3.63) is 35.9 Å². The van der Waals surface area contributed by atoms with E-state index >= 15 is 0 Å². The topological polar surface area (TPSA) is 47.9 Å². The smallest absolute Gasteiger partial charge is 0.304 e. The lowest BCUT2D eigenvalue weighted by molar-refractivity contribution is -0.330. The Balaban J connectivity index is 1.94. The number of hydrogen-bond donors (Lipinski definition) is 1. The van der Waals surface area contributed by atoms with Crippen LogP contribution >= 0.6 is 0 Å². The number of hydrogen-bond acceptors (Lipinski definition) is 4. The van der Waals surface area contributed by atoms with Gasteiger partial charge in [0, 0.05) is 7.11 Å². The molecule has 1 aromatic rings. The molecular weight excluding hydrogens is 289 g/mol. The van der Waals surface area contributed by atoms with E-state index in [1.165, 1.54) is 0 Å². The Labute approximate surface area is 120 Å². The van der Waals surface area contributed by atoms with E-state index in [0.717, 1.165) is 12.7 Å². The number of methoxy groups -OCH3 is 1. The van der Waals surface area contributed by atoms with Gasteiger partial charge in [-0.2, -0.15) is 0 Å². The Morgan fingerprint density at radius 3 is 2.57 bits per heavy atom. The minimum atomic E-state index is -3.74. The van der Waals surface area contributed by atoms with Gasteiger partial charge in [0.2, 0.25) is 0 Å². The minimum absolute atomic E-state index is 0.115. The molecule has 0 radical (unpaired) electrons. The van der Waals surface area contributed by atoms with Gasteiger partial charge in [-0.3, -0.25) is 0 Å². The maximum absolute atomic E-state index is 13.8. The van der Waals surface area contributed by atoms with E-state index < -0.39 is 37.2 Å². The molecule has 7 heteroatoms. The highest BCUT2D eigenvalue weighted by atomic mass is 19.3. The van der Waals surface area contributed by atoms with Crippen LogP contribution < -0.4 is 0 Å². The normalized spacial score (nSPS) is 32.0. The van der Waals surface area contributed by atoms with E-state index in [9.17, 15) is 18.3 Å². The number of ether oxygens (including phenoxy) is 3. The molecule has 0 spiro atoms. The molecule has 21 heavy (non-hydrogen) atoms. The number of rotatable bonds is 5. The molecule has 1 fully saturated rings. The largest absolute Gasteiger partial charge is 0.383 e. The average molecular weight is 306 g/mol. The Morgan fingerprint density at radius 1 is 1.29 bits per heavy atom. The molecule has 1 aliphatic heterocycles. The first-order valence-electron chi connectivity index (χ1n) is 6.46. The predicted octanol–water partition coefficient (Wildman–Crippen LogP) is 1.91. The molecule has 0 saturated carbocycles. The first kappa shape index (κ1) is 16.2. The molecular formula is C14H17F3O4. The van der Waals surface area contributed by atoms with Crippen LogP contribution in [-0.2, 0) is 20.8 Å². The first-order chi connectivity index (χ1) is 9.96. The van der Waals surface area contributed by atoms with Gasteiger partial charge >= 0.3 is 5.92 Å². The number of aliphatic hydroxyl groups excluding tert-OH is 1. The molecule has 4 atom stereocenters. The van der Waals surface area contributed by atoms with Gasteiger partial charge in [0.05, 0.1) is 13.2 Å². The molecule has 0 bridgehead atoms. The van der Waals surface area contributed by atoms with Gasteiger partial charge in [-0.1, -0.05) is 30.3 Å². The Kier molecular flexibility index (Phi) is 5.21. The number of benzene rings is 1. The maximum atomic E-state index is 13.8. The Bertz CT molecular complexity index is 443. The van der Waals surface area contributed by atoms with Crippen LogP contribution in [0.2, 0.25) is 0 Å². The lowest BCUT2D eigenvalue weighted by atomic mass is 9.99. The summed E-state index contributed by atoms with van der Waals surface area (Å²) in [5.41, 5.74) is 0.809. The van der Waals surface area contributed by atoms with Crippen molar-refractivity contribution >= 4 is 0 Å². The molecule has 4 nitrogen and oxygen atoms in total. The van der Waals surface area contributed by atoms with Crippen LogP contribution in [0.3, 0.4) is 0 Å². The zero-order valence-corrected chi connectivity index (χ0v) is 11.4. The molecule has 1 saturated heterocycles. The molecule has 0 aliphatic carbocycles. The van der Waals surface area contributed by atoms with Gasteiger partial charge in [0.25, 0.3) is 0 Å². The van der Waals surface area contributed by atoms with E-state index in [0.29, 0.717) is 0 Å². The van der Waals surface area contributed by atoms with Crippen molar-refractivity contribution in [2.24, 2.45) is 0 Å². The van der Waals surface area contributed by atoms with Gasteiger partial charge in [0.15, 0.2) is 24.7 Å². The average Bonchev–Trinajstić information content (AvgIpc) is 2.49. The summed E-state index contributed by atoms with van der Waals surface area (Å²) in [6.07, 6.45) is -8.10. The standard InChI is InChI=1S/C14H17F3O4/c1-19-13-11(15)12(18)14(16,17)10(21-13)8-20-7-9-5-3-2-4-6-9/h2-6,10-13,18H,7-8H2,1H3/t10-,11+,12-,13+/m1/s1. The van der Waals surface area contributed by atoms with Crippen molar-refractivity contribution in [2.45, 2.75) is 37.2 Å². The molecule has 118 valence electrons. The molecule has 1 N–H and O–H groups in total. The Morgan fingerprint density at radius 2 is 1.95 bits per heavy atom. The fourth-order valence-electron chi connectivity index (χ4n) is 2.07. The van der Waals surface area contributed by atoms with Crippen LogP contribution in [0, 0.1) is 0 Å². The van der Waals surface area contributed by atoms with Crippen LogP contribution in [0.25, 0.3) is 0 Å². The summed E-state index contributed by atoms with van der Waals surface area (Å²) in [5, 5.41) is 9.35. The summed E-state index contributed by atoms with van der Waals surface area (Å²) < 4.78 is 55.7. The molecule has 1 aromatic carbocycles. The zero-order valence-electron chi connectivity index (χ0n) is 11.4. The van der Waals surface area contributed by atoms with E-state index in [-0.39, 0.29) is 6.61 Å². The highest BCUT2D eigenvalue weighted by molar-refractivity contribution is 5.13. The fourth-order valence-corrected chi connectivity index (χ4v) is 2.07. The van der Waals surface area contributed by atoms with Gasteiger partial charge in [0.1, 0.15) is 0 Å². The number of aliphatic hydroxyl groups is 1. The fraction of sp³-hybridized carbons (Fsp3) is 0.571. The van der Waals surface area contributed by atoms with Crippen molar-refractivity contribution in [2.75, 3.05) is 13.7 Å². The lowest BCUT2D eigenvalue weighted by Gasteiger charge is -2.40. The summed E-state index contributed by atoms with van der Waals surface area (Å²) in [6.45, 7) is -0.366. The van der Waals surface area contributed by atoms with Crippen molar-refractivity contribution in [1.82, 2.24) is 0 Å². The third-order valence-electron chi connectivity index (χ3n) is 3.30. The number of alkyl halides is 3. The monoisotopic (exact) mass is 306 g/mol. The second kappa shape index (κ2) is 6.74. The van der Waals surface area contributed by atoms with Crippen LogP contribution in [0.1, 0.15) is 5.56 Å². The quantitative estimate of drug-likeness (QED) is 0.903. The zero-order chi connectivity index (χ0) is 15.5. The first-order valence-corrected chi connectivity index (χ1v) is 6.46. The highest BCUT2D eigenvalue weighted by Crippen LogP contribution is 2.36. The summed E-state index contributed by atoms with van der Waals surface area (Å²) in [7, 11) is 1.12. The number of halogens is 3. The predicted molar refractivity (Wildman–Crippen MR) is 67.6 cm³/mol. The summed E-state index contributed by atoms with van der Waals surface area (Å²) >= 11 is 0. The summed E-state index contributed by atoms with van der Waals surface area (Å²) in [5.74, 6) is -3.74. The summed E-state index contributed by atoms with van der Waals surface area (Å²) in [6, 6.07) is 8.98. The minimum Gasteiger partial charge on any atom is -0.383 e. The molecule has 2 rings (SSSR count). The highest BCUT2D eigenvalue weighted by Gasteiger charge is 2.58. The van der Waals surface area contributed by atoms with Crippen LogP contribution in [0.5, 0.6) is 0 Å². The van der Waals surface area contributed by atoms with Crippen LogP contribution in [0.15, 0.2) is 30.3 Å². The van der Waals surface area contributed by atoms with Crippen LogP contribution in [0.4, 0.5) is 13.2 Å². The van der Waals surface area contributed by atoms with Gasteiger partial charge in [-0.25, -0.2) is 13.2 Å². The molecule has 1 heterocycles. The van der Waals surface area contributed by atoms with E-state index in [1.807, 2.05) is 6.07 Å². The second-order valence-corrected chi connectivity index (χ2v) is 4.79. The molecule has 0 unspecified atom stereocenters. The van der Waals surface area contributed by atoms with Crippen molar-refractivity contribution < 1.29 is 32.5 Å². The lowest BCUT2D eigenvalue weighted by Crippen LogP contribution is -2.61. The SMILES string of the molecule is CO[C@H]1O[C@H](COCc2ccccc2)C(F)(F)[C@H](O)[C@@H]1F. The van der Waals surface area contributed by atoms with Gasteiger partial charge in [-0.05, 0) is 5.56 Å². The van der Waals surface area contributed by atoms with Gasteiger partial charge in [-0.15, -0.1) is 0 Å².